The van der Waals surface area contributed by atoms with Crippen molar-refractivity contribution in [3.05, 3.63) is 72.8 Å². The SMILES string of the molecule is C=CCON1C(=O)CC(C(=O)OC)C12CCN(Cc1ccc(-c3ccccc3)cc1)CC2. The molecule has 1 unspecified atom stereocenters. The van der Waals surface area contributed by atoms with Crippen molar-refractivity contribution in [2.24, 2.45) is 5.92 Å². The Kier molecular flexibility index (Phi) is 6.72. The van der Waals surface area contributed by atoms with Gasteiger partial charge in [-0.1, -0.05) is 60.7 Å². The number of methoxy groups -OCH3 is 1. The fourth-order valence-electron chi connectivity index (χ4n) is 4.95. The van der Waals surface area contributed by atoms with E-state index in [1.165, 1.54) is 28.9 Å². The van der Waals surface area contributed by atoms with Gasteiger partial charge in [-0.15, -0.1) is 6.58 Å². The van der Waals surface area contributed by atoms with Crippen LogP contribution in [0.3, 0.4) is 0 Å². The number of piperidine rings is 1. The average Bonchev–Trinajstić information content (AvgIpc) is 3.10. The predicted octanol–water partition coefficient (Wildman–Crippen LogP) is 3.83. The van der Waals surface area contributed by atoms with Gasteiger partial charge >= 0.3 is 5.97 Å². The highest BCUT2D eigenvalue weighted by Crippen LogP contribution is 2.44. The van der Waals surface area contributed by atoms with E-state index >= 15 is 0 Å². The maximum atomic E-state index is 12.7. The zero-order valence-corrected chi connectivity index (χ0v) is 18.5. The van der Waals surface area contributed by atoms with Crippen molar-refractivity contribution in [2.45, 2.75) is 31.3 Å². The normalized spacial score (nSPS) is 20.5. The average molecular weight is 435 g/mol. The third-order valence-corrected chi connectivity index (χ3v) is 6.65. The van der Waals surface area contributed by atoms with Crippen molar-refractivity contribution in [2.75, 3.05) is 26.8 Å². The molecule has 2 aliphatic heterocycles. The number of carbonyl (C=O) groups excluding carboxylic acids is 2. The summed E-state index contributed by atoms with van der Waals surface area (Å²) in [6, 6.07) is 19.0. The third kappa shape index (κ3) is 4.33. The molecule has 6 heteroatoms. The monoisotopic (exact) mass is 434 g/mol. The number of hydroxylamine groups is 2. The van der Waals surface area contributed by atoms with Gasteiger partial charge in [-0.3, -0.25) is 19.3 Å². The molecule has 168 valence electrons. The molecule has 1 amide bonds. The van der Waals surface area contributed by atoms with Gasteiger partial charge in [-0.2, -0.15) is 0 Å². The third-order valence-electron chi connectivity index (χ3n) is 6.65. The first kappa shape index (κ1) is 22.2. The zero-order chi connectivity index (χ0) is 22.6. The number of hydrogen-bond donors (Lipinski definition) is 0. The van der Waals surface area contributed by atoms with E-state index in [2.05, 4.69) is 47.9 Å². The highest BCUT2D eigenvalue weighted by molar-refractivity contribution is 5.88. The first-order valence-corrected chi connectivity index (χ1v) is 11.1. The molecule has 2 saturated heterocycles. The van der Waals surface area contributed by atoms with Gasteiger partial charge < -0.3 is 4.74 Å². The molecule has 0 saturated carbocycles. The Labute approximate surface area is 189 Å². The smallest absolute Gasteiger partial charge is 0.311 e. The molecule has 0 N–H and O–H groups in total. The first-order chi connectivity index (χ1) is 15.6. The number of rotatable bonds is 7. The summed E-state index contributed by atoms with van der Waals surface area (Å²) in [5.41, 5.74) is 3.00. The molecule has 0 radical (unpaired) electrons. The standard InChI is InChI=1S/C26H30N2O4/c1-3-17-32-28-24(29)18-23(25(30)31-2)26(28)13-15-27(16-14-26)19-20-9-11-22(12-10-20)21-7-5-4-6-8-21/h3-12,23H,1,13-19H2,2H3. The second-order valence-electron chi connectivity index (χ2n) is 8.50. The number of carbonyl (C=O) groups is 2. The quantitative estimate of drug-likeness (QED) is 0.490. The van der Waals surface area contributed by atoms with E-state index in [1.54, 1.807) is 6.08 Å². The molecule has 2 aliphatic rings. The molecule has 1 spiro atoms. The maximum absolute atomic E-state index is 12.7. The summed E-state index contributed by atoms with van der Waals surface area (Å²) < 4.78 is 5.03. The molecule has 2 aromatic carbocycles. The van der Waals surface area contributed by atoms with Crippen LogP contribution in [0.5, 0.6) is 0 Å². The molecule has 0 aromatic heterocycles. The number of benzene rings is 2. The van der Waals surface area contributed by atoms with Crippen LogP contribution in [0.4, 0.5) is 0 Å². The second-order valence-corrected chi connectivity index (χ2v) is 8.50. The second kappa shape index (κ2) is 9.67. The molecular weight excluding hydrogens is 404 g/mol. The maximum Gasteiger partial charge on any atom is 0.311 e. The van der Waals surface area contributed by atoms with E-state index in [1.807, 2.05) is 18.2 Å². The van der Waals surface area contributed by atoms with Crippen LogP contribution in [0.15, 0.2) is 67.3 Å². The largest absolute Gasteiger partial charge is 0.469 e. The molecule has 4 rings (SSSR count). The fraction of sp³-hybridized carbons (Fsp3) is 0.385. The molecule has 2 fully saturated rings. The Morgan fingerprint density at radius 3 is 2.38 bits per heavy atom. The Morgan fingerprint density at radius 2 is 1.75 bits per heavy atom. The van der Waals surface area contributed by atoms with Crippen molar-refractivity contribution in [3.63, 3.8) is 0 Å². The molecular formula is C26H30N2O4. The van der Waals surface area contributed by atoms with Crippen LogP contribution >= 0.6 is 0 Å². The van der Waals surface area contributed by atoms with Crippen LogP contribution in [-0.2, 0) is 25.7 Å². The van der Waals surface area contributed by atoms with E-state index in [0.29, 0.717) is 12.8 Å². The lowest BCUT2D eigenvalue weighted by Gasteiger charge is -2.45. The number of nitrogens with zero attached hydrogens (tertiary/aromatic N) is 2. The van der Waals surface area contributed by atoms with Gasteiger partial charge in [0.15, 0.2) is 0 Å². The van der Waals surface area contributed by atoms with Crippen molar-refractivity contribution in [1.29, 1.82) is 0 Å². The minimum Gasteiger partial charge on any atom is -0.469 e. The van der Waals surface area contributed by atoms with E-state index in [9.17, 15) is 9.59 Å². The lowest BCUT2D eigenvalue weighted by molar-refractivity contribution is -0.218. The molecule has 0 aliphatic carbocycles. The Bertz CT molecular complexity index is 950. The van der Waals surface area contributed by atoms with Gasteiger partial charge in [0.1, 0.15) is 0 Å². The lowest BCUT2D eigenvalue weighted by atomic mass is 9.77. The predicted molar refractivity (Wildman–Crippen MR) is 122 cm³/mol. The van der Waals surface area contributed by atoms with Crippen LogP contribution < -0.4 is 0 Å². The van der Waals surface area contributed by atoms with Crippen LogP contribution in [0.2, 0.25) is 0 Å². The zero-order valence-electron chi connectivity index (χ0n) is 18.5. The number of ether oxygens (including phenoxy) is 1. The van der Waals surface area contributed by atoms with Gasteiger partial charge in [-0.05, 0) is 29.5 Å². The van der Waals surface area contributed by atoms with E-state index < -0.39 is 11.5 Å². The van der Waals surface area contributed by atoms with Crippen molar-refractivity contribution in [1.82, 2.24) is 9.96 Å². The number of amides is 1. The molecule has 6 nitrogen and oxygen atoms in total. The van der Waals surface area contributed by atoms with Gasteiger partial charge in [0.05, 0.1) is 25.2 Å². The Balaban J connectivity index is 1.44. The van der Waals surface area contributed by atoms with Crippen LogP contribution in [-0.4, -0.2) is 54.2 Å². The van der Waals surface area contributed by atoms with E-state index in [4.69, 9.17) is 9.57 Å². The van der Waals surface area contributed by atoms with Gasteiger partial charge in [0, 0.05) is 26.1 Å². The summed E-state index contributed by atoms with van der Waals surface area (Å²) in [6.07, 6.45) is 3.07. The summed E-state index contributed by atoms with van der Waals surface area (Å²) in [5, 5.41) is 1.45. The topological polar surface area (TPSA) is 59.1 Å². The summed E-state index contributed by atoms with van der Waals surface area (Å²) >= 11 is 0. The van der Waals surface area contributed by atoms with Crippen molar-refractivity contribution >= 4 is 11.9 Å². The molecule has 2 heterocycles. The minimum absolute atomic E-state index is 0.130. The molecule has 2 aromatic rings. The lowest BCUT2D eigenvalue weighted by Crippen LogP contribution is -2.57. The Hall–Kier alpha value is -2.96. The highest BCUT2D eigenvalue weighted by atomic mass is 16.7. The molecule has 1 atom stereocenters. The van der Waals surface area contributed by atoms with E-state index in [0.717, 1.165) is 19.6 Å². The van der Waals surface area contributed by atoms with Crippen molar-refractivity contribution < 1.29 is 19.2 Å². The Morgan fingerprint density at radius 1 is 1.09 bits per heavy atom. The van der Waals surface area contributed by atoms with Crippen LogP contribution in [0, 0.1) is 5.92 Å². The van der Waals surface area contributed by atoms with E-state index in [-0.39, 0.29) is 24.9 Å². The van der Waals surface area contributed by atoms with Crippen LogP contribution in [0.25, 0.3) is 11.1 Å². The van der Waals surface area contributed by atoms with Gasteiger partial charge in [0.2, 0.25) is 5.91 Å². The minimum atomic E-state index is -0.652. The van der Waals surface area contributed by atoms with Gasteiger partial charge in [-0.25, -0.2) is 5.06 Å². The first-order valence-electron chi connectivity index (χ1n) is 11.1. The summed E-state index contributed by atoms with van der Waals surface area (Å²) in [5.74, 6) is -1.00. The highest BCUT2D eigenvalue weighted by Gasteiger charge is 2.58. The van der Waals surface area contributed by atoms with Gasteiger partial charge in [0.25, 0.3) is 0 Å². The van der Waals surface area contributed by atoms with Crippen molar-refractivity contribution in [3.8, 4) is 11.1 Å². The molecule has 32 heavy (non-hydrogen) atoms. The summed E-state index contributed by atoms with van der Waals surface area (Å²) in [4.78, 5) is 33.2. The number of esters is 1. The number of hydrogen-bond acceptors (Lipinski definition) is 5. The summed E-state index contributed by atoms with van der Waals surface area (Å²) in [6.45, 7) is 6.28. The molecule has 0 bridgehead atoms. The number of likely N-dealkylation sites (tertiary alicyclic amines) is 1. The fourth-order valence-corrected chi connectivity index (χ4v) is 4.95. The summed E-state index contributed by atoms with van der Waals surface area (Å²) in [7, 11) is 1.38. The van der Waals surface area contributed by atoms with Crippen LogP contribution in [0.1, 0.15) is 24.8 Å².